The van der Waals surface area contributed by atoms with Crippen LogP contribution in [0.2, 0.25) is 0 Å². The van der Waals surface area contributed by atoms with Crippen LogP contribution in [-0.4, -0.2) is 11.8 Å². The van der Waals surface area contributed by atoms with Crippen LogP contribution in [0, 0.1) is 5.41 Å². The summed E-state index contributed by atoms with van der Waals surface area (Å²) < 4.78 is 0. The third-order valence-corrected chi connectivity index (χ3v) is 3.87. The minimum Gasteiger partial charge on any atom is -0.126 e. The van der Waals surface area contributed by atoms with E-state index in [4.69, 9.17) is 23.2 Å². The SMILES string of the molecule is CCC(CCl)(CCl)Cc1ccccc1. The molecule has 0 heterocycles. The van der Waals surface area contributed by atoms with Gasteiger partial charge in [0.25, 0.3) is 0 Å². The maximum Gasteiger partial charge on any atom is 0.0294 e. The fourth-order valence-electron chi connectivity index (χ4n) is 1.47. The molecule has 0 aromatic heterocycles. The highest BCUT2D eigenvalue weighted by atomic mass is 35.5. The maximum atomic E-state index is 5.99. The van der Waals surface area contributed by atoms with E-state index in [0.29, 0.717) is 11.8 Å². The summed E-state index contributed by atoms with van der Waals surface area (Å²) in [4.78, 5) is 0. The molecule has 1 aromatic rings. The first-order chi connectivity index (χ1) is 6.76. The molecular formula is C12H16Cl2. The minimum atomic E-state index is 0.0600. The summed E-state index contributed by atoms with van der Waals surface area (Å²) in [7, 11) is 0. The Morgan fingerprint density at radius 2 is 1.64 bits per heavy atom. The fourth-order valence-corrected chi connectivity index (χ4v) is 2.33. The Balaban J connectivity index is 2.74. The number of rotatable bonds is 5. The van der Waals surface area contributed by atoms with Crippen molar-refractivity contribution in [2.24, 2.45) is 5.41 Å². The Labute approximate surface area is 96.2 Å². The van der Waals surface area contributed by atoms with E-state index in [1.807, 2.05) is 6.07 Å². The lowest BCUT2D eigenvalue weighted by Gasteiger charge is -2.28. The largest absolute Gasteiger partial charge is 0.126 e. The molecular weight excluding hydrogens is 215 g/mol. The zero-order valence-electron chi connectivity index (χ0n) is 8.47. The Kier molecular flexibility index (Phi) is 4.77. The molecule has 2 heteroatoms. The van der Waals surface area contributed by atoms with Crippen LogP contribution < -0.4 is 0 Å². The second-order valence-electron chi connectivity index (χ2n) is 3.78. The number of hydrogen-bond acceptors (Lipinski definition) is 0. The summed E-state index contributed by atoms with van der Waals surface area (Å²) in [6.45, 7) is 2.15. The zero-order chi connectivity index (χ0) is 10.4. The van der Waals surface area contributed by atoms with Crippen LogP contribution in [0.25, 0.3) is 0 Å². The summed E-state index contributed by atoms with van der Waals surface area (Å²) in [5, 5.41) is 0. The number of halogens is 2. The first kappa shape index (κ1) is 11.9. The van der Waals surface area contributed by atoms with E-state index in [0.717, 1.165) is 12.8 Å². The lowest BCUT2D eigenvalue weighted by atomic mass is 9.83. The van der Waals surface area contributed by atoms with Crippen LogP contribution in [0.4, 0.5) is 0 Å². The van der Waals surface area contributed by atoms with E-state index in [1.54, 1.807) is 0 Å². The van der Waals surface area contributed by atoms with Gasteiger partial charge >= 0.3 is 0 Å². The fraction of sp³-hybridized carbons (Fsp3) is 0.500. The van der Waals surface area contributed by atoms with Crippen molar-refractivity contribution in [3.05, 3.63) is 35.9 Å². The van der Waals surface area contributed by atoms with Gasteiger partial charge in [-0.2, -0.15) is 0 Å². The predicted octanol–water partition coefficient (Wildman–Crippen LogP) is 4.10. The Hall–Kier alpha value is -0.200. The van der Waals surface area contributed by atoms with Gasteiger partial charge in [-0.3, -0.25) is 0 Å². The minimum absolute atomic E-state index is 0.0600. The van der Waals surface area contributed by atoms with Crippen LogP contribution in [0.5, 0.6) is 0 Å². The highest BCUT2D eigenvalue weighted by molar-refractivity contribution is 6.21. The average molecular weight is 231 g/mol. The molecule has 0 radical (unpaired) electrons. The van der Waals surface area contributed by atoms with E-state index >= 15 is 0 Å². The van der Waals surface area contributed by atoms with Gasteiger partial charge in [0.05, 0.1) is 0 Å². The van der Waals surface area contributed by atoms with Crippen molar-refractivity contribution in [2.75, 3.05) is 11.8 Å². The molecule has 0 spiro atoms. The lowest BCUT2D eigenvalue weighted by molar-refractivity contribution is 0.362. The molecule has 0 nitrogen and oxygen atoms in total. The molecule has 14 heavy (non-hydrogen) atoms. The van der Waals surface area contributed by atoms with Gasteiger partial charge in [-0.15, -0.1) is 23.2 Å². The maximum absolute atomic E-state index is 5.99. The summed E-state index contributed by atoms with van der Waals surface area (Å²) in [5.41, 5.74) is 1.38. The summed E-state index contributed by atoms with van der Waals surface area (Å²) >= 11 is 12.0. The van der Waals surface area contributed by atoms with Crippen molar-refractivity contribution in [1.82, 2.24) is 0 Å². The molecule has 0 unspecified atom stereocenters. The number of benzene rings is 1. The standard InChI is InChI=1S/C12H16Cl2/c1-2-12(9-13,10-14)8-11-6-4-3-5-7-11/h3-7H,2,8-10H2,1H3. The van der Waals surface area contributed by atoms with E-state index in [-0.39, 0.29) is 5.41 Å². The topological polar surface area (TPSA) is 0 Å². The van der Waals surface area contributed by atoms with Gasteiger partial charge in [0.15, 0.2) is 0 Å². The summed E-state index contributed by atoms with van der Waals surface area (Å²) in [6.07, 6.45) is 1.99. The van der Waals surface area contributed by atoms with Crippen LogP contribution in [0.1, 0.15) is 18.9 Å². The molecule has 0 atom stereocenters. The molecule has 0 aliphatic heterocycles. The molecule has 0 aliphatic carbocycles. The van der Waals surface area contributed by atoms with Crippen molar-refractivity contribution < 1.29 is 0 Å². The van der Waals surface area contributed by atoms with Crippen molar-refractivity contribution in [2.45, 2.75) is 19.8 Å². The molecule has 1 rings (SSSR count). The lowest BCUT2D eigenvalue weighted by Crippen LogP contribution is -2.27. The van der Waals surface area contributed by atoms with Crippen molar-refractivity contribution >= 4 is 23.2 Å². The highest BCUT2D eigenvalue weighted by Crippen LogP contribution is 2.30. The molecule has 1 aromatic carbocycles. The van der Waals surface area contributed by atoms with Crippen LogP contribution in [-0.2, 0) is 6.42 Å². The van der Waals surface area contributed by atoms with E-state index in [1.165, 1.54) is 5.56 Å². The third kappa shape index (κ3) is 2.90. The van der Waals surface area contributed by atoms with Gasteiger partial charge in [0, 0.05) is 17.2 Å². The quantitative estimate of drug-likeness (QED) is 0.669. The molecule has 0 aliphatic rings. The van der Waals surface area contributed by atoms with Gasteiger partial charge in [-0.05, 0) is 18.4 Å². The average Bonchev–Trinajstić information content (AvgIpc) is 2.28. The van der Waals surface area contributed by atoms with Crippen LogP contribution in [0.3, 0.4) is 0 Å². The van der Waals surface area contributed by atoms with Crippen molar-refractivity contribution in [3.8, 4) is 0 Å². The summed E-state index contributed by atoms with van der Waals surface area (Å²) in [6, 6.07) is 10.4. The molecule has 0 saturated heterocycles. The molecule has 0 N–H and O–H groups in total. The van der Waals surface area contributed by atoms with Gasteiger partial charge in [0.1, 0.15) is 0 Å². The van der Waals surface area contributed by atoms with Crippen LogP contribution >= 0.6 is 23.2 Å². The summed E-state index contributed by atoms with van der Waals surface area (Å²) in [5.74, 6) is 1.25. The van der Waals surface area contributed by atoms with Gasteiger partial charge in [-0.1, -0.05) is 37.3 Å². The van der Waals surface area contributed by atoms with Crippen molar-refractivity contribution in [3.63, 3.8) is 0 Å². The second-order valence-corrected chi connectivity index (χ2v) is 4.32. The molecule has 0 saturated carbocycles. The first-order valence-electron chi connectivity index (χ1n) is 4.92. The monoisotopic (exact) mass is 230 g/mol. The third-order valence-electron chi connectivity index (χ3n) is 2.74. The number of hydrogen-bond donors (Lipinski definition) is 0. The normalized spacial score (nSPS) is 11.6. The Bertz CT molecular complexity index is 244. The highest BCUT2D eigenvalue weighted by Gasteiger charge is 2.26. The molecule has 0 amide bonds. The van der Waals surface area contributed by atoms with E-state index in [9.17, 15) is 0 Å². The van der Waals surface area contributed by atoms with Gasteiger partial charge in [-0.25, -0.2) is 0 Å². The Morgan fingerprint density at radius 3 is 2.07 bits per heavy atom. The number of alkyl halides is 2. The van der Waals surface area contributed by atoms with E-state index in [2.05, 4.69) is 31.2 Å². The van der Waals surface area contributed by atoms with Gasteiger partial charge < -0.3 is 0 Å². The predicted molar refractivity (Wildman–Crippen MR) is 64.3 cm³/mol. The van der Waals surface area contributed by atoms with Crippen molar-refractivity contribution in [1.29, 1.82) is 0 Å². The van der Waals surface area contributed by atoms with E-state index < -0.39 is 0 Å². The Morgan fingerprint density at radius 1 is 1.07 bits per heavy atom. The smallest absolute Gasteiger partial charge is 0.0294 e. The van der Waals surface area contributed by atoms with Gasteiger partial charge in [0.2, 0.25) is 0 Å². The van der Waals surface area contributed by atoms with Crippen LogP contribution in [0.15, 0.2) is 30.3 Å². The molecule has 0 bridgehead atoms. The molecule has 78 valence electrons. The zero-order valence-corrected chi connectivity index (χ0v) is 9.98. The second kappa shape index (κ2) is 5.63. The molecule has 0 fully saturated rings. The first-order valence-corrected chi connectivity index (χ1v) is 5.99.